The number of benzene rings is 1. The molecule has 1 unspecified atom stereocenters. The van der Waals surface area contributed by atoms with E-state index in [0.717, 1.165) is 18.4 Å². The van der Waals surface area contributed by atoms with Crippen LogP contribution in [-0.4, -0.2) is 52.7 Å². The summed E-state index contributed by atoms with van der Waals surface area (Å²) in [5, 5.41) is 12.7. The molecule has 0 saturated carbocycles. The van der Waals surface area contributed by atoms with Gasteiger partial charge in [0.05, 0.1) is 0 Å². The summed E-state index contributed by atoms with van der Waals surface area (Å²) in [4.78, 5) is 36.9. The topological polar surface area (TPSA) is 105 Å². The van der Waals surface area contributed by atoms with Gasteiger partial charge in [0.1, 0.15) is 17.1 Å². The molecule has 2 fully saturated rings. The molecule has 3 amide bonds. The Morgan fingerprint density at radius 3 is 2.45 bits per heavy atom. The lowest BCUT2D eigenvalue weighted by Crippen LogP contribution is -2.46. The maximum Gasteiger partial charge on any atom is 0.410 e. The van der Waals surface area contributed by atoms with E-state index in [-0.39, 0.29) is 30.1 Å². The lowest BCUT2D eigenvalue weighted by Gasteiger charge is -2.33. The number of nitrogens with one attached hydrogen (secondary N) is 1. The zero-order valence-corrected chi connectivity index (χ0v) is 17.1. The molecule has 2 saturated heterocycles. The molecule has 0 spiro atoms. The summed E-state index contributed by atoms with van der Waals surface area (Å²) in [5.41, 5.74) is 0.273. The Morgan fingerprint density at radius 1 is 1.17 bits per heavy atom. The van der Waals surface area contributed by atoms with Crippen LogP contribution in [0.2, 0.25) is 0 Å². The quantitative estimate of drug-likeness (QED) is 0.751. The van der Waals surface area contributed by atoms with Gasteiger partial charge in [-0.15, -0.1) is 0 Å². The number of aromatic hydroxyl groups is 1. The van der Waals surface area contributed by atoms with Crippen LogP contribution < -0.4 is 10.1 Å². The molecule has 2 N–H and O–H groups in total. The molecule has 8 nitrogen and oxygen atoms in total. The first-order valence-electron chi connectivity index (χ1n) is 9.93. The van der Waals surface area contributed by atoms with Crippen LogP contribution >= 0.6 is 0 Å². The second-order valence-electron chi connectivity index (χ2n) is 8.52. The highest BCUT2D eigenvalue weighted by Crippen LogP contribution is 2.36. The fourth-order valence-electron chi connectivity index (χ4n) is 3.59. The van der Waals surface area contributed by atoms with E-state index in [1.807, 2.05) is 20.8 Å². The minimum atomic E-state index is -0.741. The van der Waals surface area contributed by atoms with Crippen LogP contribution in [0.3, 0.4) is 0 Å². The van der Waals surface area contributed by atoms with Crippen LogP contribution in [0.4, 0.5) is 4.79 Å². The monoisotopic (exact) mass is 404 g/mol. The average Bonchev–Trinajstić information content (AvgIpc) is 2.63. The maximum absolute atomic E-state index is 12.2. The molecule has 1 aromatic rings. The van der Waals surface area contributed by atoms with Crippen LogP contribution in [0.1, 0.15) is 57.9 Å². The van der Waals surface area contributed by atoms with Crippen molar-refractivity contribution < 1.29 is 29.0 Å². The van der Waals surface area contributed by atoms with E-state index < -0.39 is 17.6 Å². The predicted molar refractivity (Wildman–Crippen MR) is 105 cm³/mol. The second kappa shape index (κ2) is 8.31. The zero-order valence-electron chi connectivity index (χ0n) is 17.1. The number of likely N-dealkylation sites (tertiary alicyclic amines) is 1. The second-order valence-corrected chi connectivity index (χ2v) is 8.52. The number of piperidine rings is 2. The molecular weight excluding hydrogens is 376 g/mol. The highest BCUT2D eigenvalue weighted by atomic mass is 16.6. The summed E-state index contributed by atoms with van der Waals surface area (Å²) >= 11 is 0. The maximum atomic E-state index is 12.2. The SMILES string of the molecule is CC(C)(C)OC(=O)N1CCC(c2ccc(OC3CCC(=O)NC3=O)cc2O)CC1. The number of hydrogen-bond acceptors (Lipinski definition) is 6. The molecule has 0 aromatic heterocycles. The molecule has 3 rings (SSSR count). The Balaban J connectivity index is 1.58. The van der Waals surface area contributed by atoms with Gasteiger partial charge in [-0.1, -0.05) is 6.07 Å². The molecular formula is C21H28N2O6. The van der Waals surface area contributed by atoms with Crippen molar-refractivity contribution >= 4 is 17.9 Å². The van der Waals surface area contributed by atoms with Crippen LogP contribution in [-0.2, 0) is 14.3 Å². The number of phenolic OH excluding ortho intramolecular Hbond substituents is 1. The molecule has 1 aromatic carbocycles. The van der Waals surface area contributed by atoms with Gasteiger partial charge >= 0.3 is 6.09 Å². The first-order chi connectivity index (χ1) is 13.6. The molecule has 158 valence electrons. The van der Waals surface area contributed by atoms with E-state index in [2.05, 4.69) is 5.32 Å². The van der Waals surface area contributed by atoms with E-state index in [1.165, 1.54) is 6.07 Å². The Kier molecular flexibility index (Phi) is 6.00. The van der Waals surface area contributed by atoms with Crippen molar-refractivity contribution in [1.29, 1.82) is 0 Å². The van der Waals surface area contributed by atoms with Gasteiger partial charge in [-0.3, -0.25) is 14.9 Å². The normalized spacial score (nSPS) is 20.9. The summed E-state index contributed by atoms with van der Waals surface area (Å²) in [6.45, 7) is 6.65. The minimum Gasteiger partial charge on any atom is -0.508 e. The van der Waals surface area contributed by atoms with Crippen LogP contribution in [0, 0.1) is 0 Å². The fourth-order valence-corrected chi connectivity index (χ4v) is 3.59. The number of hydrogen-bond donors (Lipinski definition) is 2. The van der Waals surface area contributed by atoms with Gasteiger partial charge in [0.2, 0.25) is 5.91 Å². The van der Waals surface area contributed by atoms with Gasteiger partial charge < -0.3 is 19.5 Å². The zero-order chi connectivity index (χ0) is 21.2. The van der Waals surface area contributed by atoms with E-state index in [1.54, 1.807) is 17.0 Å². The van der Waals surface area contributed by atoms with E-state index in [4.69, 9.17) is 9.47 Å². The number of carbonyl (C=O) groups excluding carboxylic acids is 3. The van der Waals surface area contributed by atoms with Gasteiger partial charge in [0.25, 0.3) is 5.91 Å². The number of phenols is 1. The third-order valence-corrected chi connectivity index (χ3v) is 5.06. The molecule has 2 aliphatic rings. The smallest absolute Gasteiger partial charge is 0.410 e. The summed E-state index contributed by atoms with van der Waals surface area (Å²) in [5.74, 6) is -0.152. The molecule has 2 heterocycles. The van der Waals surface area contributed by atoms with Gasteiger partial charge in [-0.05, 0) is 51.2 Å². The molecule has 0 aliphatic carbocycles. The van der Waals surface area contributed by atoms with Crippen molar-refractivity contribution in [3.63, 3.8) is 0 Å². The average molecular weight is 404 g/mol. The molecule has 1 atom stereocenters. The first kappa shape index (κ1) is 21.0. The van der Waals surface area contributed by atoms with Gasteiger partial charge in [0, 0.05) is 32.0 Å². The van der Waals surface area contributed by atoms with Crippen molar-refractivity contribution in [2.24, 2.45) is 0 Å². The summed E-state index contributed by atoms with van der Waals surface area (Å²) in [6, 6.07) is 5.02. The van der Waals surface area contributed by atoms with Crippen molar-refractivity contribution in [3.8, 4) is 11.5 Å². The Morgan fingerprint density at radius 2 is 1.86 bits per heavy atom. The number of ether oxygens (including phenoxy) is 2. The number of carbonyl (C=O) groups is 3. The lowest BCUT2D eigenvalue weighted by molar-refractivity contribution is -0.138. The Labute approximate surface area is 170 Å². The van der Waals surface area contributed by atoms with Crippen LogP contribution in [0.15, 0.2) is 18.2 Å². The molecule has 0 radical (unpaired) electrons. The summed E-state index contributed by atoms with van der Waals surface area (Å²) in [7, 11) is 0. The number of nitrogens with zero attached hydrogens (tertiary/aromatic N) is 1. The van der Waals surface area contributed by atoms with Crippen molar-refractivity contribution in [2.75, 3.05) is 13.1 Å². The number of imide groups is 1. The standard InChI is InChI=1S/C21H28N2O6/c1-21(2,3)29-20(27)23-10-8-13(9-11-23)15-5-4-14(12-16(15)24)28-17-6-7-18(25)22-19(17)26/h4-5,12-13,17,24H,6-11H2,1-3H3,(H,22,25,26). The summed E-state index contributed by atoms with van der Waals surface area (Å²) in [6.07, 6.45) is 0.941. The third-order valence-electron chi connectivity index (χ3n) is 5.06. The molecule has 0 bridgehead atoms. The van der Waals surface area contributed by atoms with E-state index in [0.29, 0.717) is 25.3 Å². The van der Waals surface area contributed by atoms with Crippen LogP contribution in [0.25, 0.3) is 0 Å². The molecule has 2 aliphatic heterocycles. The summed E-state index contributed by atoms with van der Waals surface area (Å²) < 4.78 is 11.1. The Hall–Kier alpha value is -2.77. The molecule has 8 heteroatoms. The highest BCUT2D eigenvalue weighted by molar-refractivity contribution is 5.99. The van der Waals surface area contributed by atoms with Crippen LogP contribution in [0.5, 0.6) is 11.5 Å². The van der Waals surface area contributed by atoms with Crippen molar-refractivity contribution in [3.05, 3.63) is 23.8 Å². The first-order valence-corrected chi connectivity index (χ1v) is 9.93. The predicted octanol–water partition coefficient (Wildman–Crippen LogP) is 2.69. The number of rotatable bonds is 3. The third kappa shape index (κ3) is 5.40. The fraction of sp³-hybridized carbons (Fsp3) is 0.571. The van der Waals surface area contributed by atoms with Crippen molar-refractivity contribution in [1.82, 2.24) is 10.2 Å². The molecule has 29 heavy (non-hydrogen) atoms. The van der Waals surface area contributed by atoms with E-state index in [9.17, 15) is 19.5 Å². The van der Waals surface area contributed by atoms with Gasteiger partial charge in [-0.2, -0.15) is 0 Å². The van der Waals surface area contributed by atoms with E-state index >= 15 is 0 Å². The van der Waals surface area contributed by atoms with Gasteiger partial charge in [0.15, 0.2) is 6.10 Å². The van der Waals surface area contributed by atoms with Gasteiger partial charge in [-0.25, -0.2) is 4.79 Å². The number of amides is 3. The largest absolute Gasteiger partial charge is 0.508 e. The lowest BCUT2D eigenvalue weighted by atomic mass is 9.89. The minimum absolute atomic E-state index is 0.102. The van der Waals surface area contributed by atoms with Crippen molar-refractivity contribution in [2.45, 2.75) is 64.1 Å². The Bertz CT molecular complexity index is 793. The highest BCUT2D eigenvalue weighted by Gasteiger charge is 2.30.